The zero-order valence-electron chi connectivity index (χ0n) is 10.8. The monoisotopic (exact) mass is 240 g/mol. The lowest BCUT2D eigenvalue weighted by Crippen LogP contribution is -2.36. The molecule has 6 nitrogen and oxygen atoms in total. The molecule has 0 spiro atoms. The Morgan fingerprint density at radius 2 is 2.18 bits per heavy atom. The minimum absolute atomic E-state index is 0.484. The molecule has 1 rings (SSSR count). The van der Waals surface area contributed by atoms with Gasteiger partial charge in [0, 0.05) is 6.54 Å². The number of aromatic nitrogens is 3. The van der Waals surface area contributed by atoms with Crippen LogP contribution in [0.1, 0.15) is 26.6 Å². The fourth-order valence-electron chi connectivity index (χ4n) is 1.46. The van der Waals surface area contributed by atoms with Gasteiger partial charge in [0.05, 0.1) is 6.54 Å². The average Bonchev–Trinajstić information content (AvgIpc) is 2.63. The van der Waals surface area contributed by atoms with Crippen LogP contribution in [0.5, 0.6) is 0 Å². The zero-order valence-corrected chi connectivity index (χ0v) is 10.8. The van der Waals surface area contributed by atoms with Crippen molar-refractivity contribution < 1.29 is 9.90 Å². The summed E-state index contributed by atoms with van der Waals surface area (Å²) >= 11 is 0. The molecular formula is C11H20N4O2. The van der Waals surface area contributed by atoms with E-state index in [0.717, 1.165) is 12.4 Å². The van der Waals surface area contributed by atoms with Gasteiger partial charge in [-0.05, 0) is 19.9 Å². The van der Waals surface area contributed by atoms with E-state index in [0.29, 0.717) is 12.5 Å². The van der Waals surface area contributed by atoms with Gasteiger partial charge in [-0.1, -0.05) is 13.8 Å². The standard InChI is InChI=1S/C11H20N4O2/c1-8(2)5-15-10(12-7-13-15)6-14(4)9(3)11(16)17/h7-9H,5-6H2,1-4H3,(H,16,17). The Balaban J connectivity index is 2.68. The van der Waals surface area contributed by atoms with E-state index < -0.39 is 12.0 Å². The van der Waals surface area contributed by atoms with Crippen LogP contribution in [0.3, 0.4) is 0 Å². The van der Waals surface area contributed by atoms with Crippen LogP contribution < -0.4 is 0 Å². The molecule has 0 aromatic carbocycles. The summed E-state index contributed by atoms with van der Waals surface area (Å²) in [7, 11) is 1.77. The summed E-state index contributed by atoms with van der Waals surface area (Å²) in [5, 5.41) is 13.1. The Kier molecular flexibility index (Phi) is 4.62. The van der Waals surface area contributed by atoms with Crippen molar-refractivity contribution in [3.8, 4) is 0 Å². The van der Waals surface area contributed by atoms with Gasteiger partial charge in [-0.25, -0.2) is 9.67 Å². The fourth-order valence-corrected chi connectivity index (χ4v) is 1.46. The van der Waals surface area contributed by atoms with E-state index in [1.54, 1.807) is 18.9 Å². The Hall–Kier alpha value is -1.43. The molecule has 1 aromatic rings. The Labute approximate surface area is 101 Å². The highest BCUT2D eigenvalue weighted by atomic mass is 16.4. The van der Waals surface area contributed by atoms with Crippen molar-refractivity contribution in [2.75, 3.05) is 7.05 Å². The van der Waals surface area contributed by atoms with Gasteiger partial charge >= 0.3 is 5.97 Å². The maximum Gasteiger partial charge on any atom is 0.320 e. The van der Waals surface area contributed by atoms with E-state index >= 15 is 0 Å². The van der Waals surface area contributed by atoms with E-state index in [1.165, 1.54) is 6.33 Å². The molecule has 0 amide bonds. The van der Waals surface area contributed by atoms with E-state index in [9.17, 15) is 4.79 Å². The van der Waals surface area contributed by atoms with E-state index in [2.05, 4.69) is 23.9 Å². The van der Waals surface area contributed by atoms with Crippen LogP contribution in [0.2, 0.25) is 0 Å². The summed E-state index contributed by atoms with van der Waals surface area (Å²) in [6.45, 7) is 7.15. The molecular weight excluding hydrogens is 220 g/mol. The van der Waals surface area contributed by atoms with Crippen molar-refractivity contribution in [2.45, 2.75) is 39.9 Å². The number of nitrogens with zero attached hydrogens (tertiary/aromatic N) is 4. The first-order valence-corrected chi connectivity index (χ1v) is 5.71. The summed E-state index contributed by atoms with van der Waals surface area (Å²) in [4.78, 5) is 16.8. The van der Waals surface area contributed by atoms with Crippen LogP contribution in [-0.4, -0.2) is 43.8 Å². The first-order chi connectivity index (χ1) is 7.91. The summed E-state index contributed by atoms with van der Waals surface area (Å²) in [6.07, 6.45) is 1.51. The average molecular weight is 240 g/mol. The molecule has 17 heavy (non-hydrogen) atoms. The Bertz CT molecular complexity index is 375. The van der Waals surface area contributed by atoms with E-state index in [-0.39, 0.29) is 0 Å². The molecule has 0 saturated heterocycles. The zero-order chi connectivity index (χ0) is 13.0. The molecule has 0 bridgehead atoms. The summed E-state index contributed by atoms with van der Waals surface area (Å²) in [5.74, 6) is 0.453. The second-order valence-corrected chi connectivity index (χ2v) is 4.68. The van der Waals surface area contributed by atoms with Gasteiger partial charge in [-0.15, -0.1) is 0 Å². The van der Waals surface area contributed by atoms with Crippen molar-refractivity contribution in [2.24, 2.45) is 5.92 Å². The molecule has 1 aromatic heterocycles. The quantitative estimate of drug-likeness (QED) is 0.797. The highest BCUT2D eigenvalue weighted by Gasteiger charge is 2.18. The molecule has 1 heterocycles. The predicted molar refractivity (Wildman–Crippen MR) is 63.4 cm³/mol. The number of likely N-dealkylation sites (N-methyl/N-ethyl adjacent to an activating group) is 1. The van der Waals surface area contributed by atoms with Crippen LogP contribution in [0.25, 0.3) is 0 Å². The van der Waals surface area contributed by atoms with Gasteiger partial charge in [0.15, 0.2) is 0 Å². The fraction of sp³-hybridized carbons (Fsp3) is 0.727. The molecule has 96 valence electrons. The van der Waals surface area contributed by atoms with Crippen LogP contribution in [-0.2, 0) is 17.9 Å². The smallest absolute Gasteiger partial charge is 0.320 e. The Morgan fingerprint density at radius 3 is 2.71 bits per heavy atom. The van der Waals surface area contributed by atoms with E-state index in [1.807, 2.05) is 4.68 Å². The third-order valence-corrected chi connectivity index (χ3v) is 2.64. The SMILES string of the molecule is CC(C)Cn1ncnc1CN(C)C(C)C(=O)O. The van der Waals surface area contributed by atoms with Gasteiger partial charge in [0.1, 0.15) is 18.2 Å². The molecule has 0 radical (unpaired) electrons. The molecule has 0 aliphatic carbocycles. The van der Waals surface area contributed by atoms with Gasteiger partial charge in [0.2, 0.25) is 0 Å². The van der Waals surface area contributed by atoms with Crippen molar-refractivity contribution in [3.63, 3.8) is 0 Å². The predicted octanol–water partition coefficient (Wildman–Crippen LogP) is 0.839. The molecule has 0 saturated carbocycles. The van der Waals surface area contributed by atoms with Crippen LogP contribution >= 0.6 is 0 Å². The van der Waals surface area contributed by atoms with Crippen LogP contribution in [0.4, 0.5) is 0 Å². The molecule has 1 unspecified atom stereocenters. The second-order valence-electron chi connectivity index (χ2n) is 4.68. The first-order valence-electron chi connectivity index (χ1n) is 5.71. The van der Waals surface area contributed by atoms with E-state index in [4.69, 9.17) is 5.11 Å². The van der Waals surface area contributed by atoms with Crippen molar-refractivity contribution in [1.29, 1.82) is 0 Å². The highest BCUT2D eigenvalue weighted by molar-refractivity contribution is 5.72. The van der Waals surface area contributed by atoms with Crippen LogP contribution in [0.15, 0.2) is 6.33 Å². The number of carboxylic acid groups (broad SMARTS) is 1. The summed E-state index contributed by atoms with van der Waals surface area (Å²) < 4.78 is 1.83. The minimum atomic E-state index is -0.831. The summed E-state index contributed by atoms with van der Waals surface area (Å²) in [5.41, 5.74) is 0. The Morgan fingerprint density at radius 1 is 1.53 bits per heavy atom. The van der Waals surface area contributed by atoms with Gasteiger partial charge in [-0.2, -0.15) is 5.10 Å². The first kappa shape index (κ1) is 13.6. The molecule has 6 heteroatoms. The molecule has 0 aliphatic heterocycles. The topological polar surface area (TPSA) is 71.2 Å². The molecule has 1 atom stereocenters. The number of hydrogen-bond acceptors (Lipinski definition) is 4. The maximum absolute atomic E-state index is 10.8. The largest absolute Gasteiger partial charge is 0.480 e. The molecule has 1 N–H and O–H groups in total. The maximum atomic E-state index is 10.8. The van der Waals surface area contributed by atoms with Gasteiger partial charge in [-0.3, -0.25) is 9.69 Å². The number of carboxylic acids is 1. The third kappa shape index (κ3) is 3.81. The molecule has 0 aliphatic rings. The lowest BCUT2D eigenvalue weighted by atomic mass is 10.2. The third-order valence-electron chi connectivity index (χ3n) is 2.64. The number of aliphatic carboxylic acids is 1. The lowest BCUT2D eigenvalue weighted by Gasteiger charge is -2.20. The summed E-state index contributed by atoms with van der Waals surface area (Å²) in [6, 6.07) is -0.529. The molecule has 0 fully saturated rings. The normalized spacial score (nSPS) is 13.3. The van der Waals surface area contributed by atoms with Crippen LogP contribution in [0, 0.1) is 5.92 Å². The van der Waals surface area contributed by atoms with Gasteiger partial charge in [0.25, 0.3) is 0 Å². The number of hydrogen-bond donors (Lipinski definition) is 1. The van der Waals surface area contributed by atoms with Crippen molar-refractivity contribution in [3.05, 3.63) is 12.2 Å². The second kappa shape index (κ2) is 5.77. The van der Waals surface area contributed by atoms with Crippen molar-refractivity contribution >= 4 is 5.97 Å². The number of rotatable bonds is 6. The van der Waals surface area contributed by atoms with Gasteiger partial charge < -0.3 is 5.11 Å². The lowest BCUT2D eigenvalue weighted by molar-refractivity contribution is -0.142. The minimum Gasteiger partial charge on any atom is -0.480 e. The number of carbonyl (C=O) groups is 1. The highest BCUT2D eigenvalue weighted by Crippen LogP contribution is 2.06. The van der Waals surface area contributed by atoms with Crippen molar-refractivity contribution in [1.82, 2.24) is 19.7 Å².